The molecule has 0 saturated heterocycles. The second kappa shape index (κ2) is 6.05. The van der Waals surface area contributed by atoms with Crippen molar-refractivity contribution in [2.75, 3.05) is 13.1 Å². The second-order valence-electron chi connectivity index (χ2n) is 4.84. The summed E-state index contributed by atoms with van der Waals surface area (Å²) in [6, 6.07) is 0. The van der Waals surface area contributed by atoms with Crippen LogP contribution in [0.3, 0.4) is 0 Å². The van der Waals surface area contributed by atoms with Crippen LogP contribution in [0.5, 0.6) is 0 Å². The molecule has 0 spiro atoms. The van der Waals surface area contributed by atoms with Crippen molar-refractivity contribution in [1.82, 2.24) is 4.90 Å². The highest BCUT2D eigenvalue weighted by molar-refractivity contribution is 5.81. The molecule has 0 N–H and O–H groups in total. The zero-order valence-corrected chi connectivity index (χ0v) is 10.4. The van der Waals surface area contributed by atoms with Crippen molar-refractivity contribution < 1.29 is 4.79 Å². The largest absolute Gasteiger partial charge is 0.343 e. The summed E-state index contributed by atoms with van der Waals surface area (Å²) in [5.74, 6) is 0.274. The Hall–Kier alpha value is -0.530. The van der Waals surface area contributed by atoms with Gasteiger partial charge in [-0.15, -0.1) is 0 Å². The van der Waals surface area contributed by atoms with E-state index in [-0.39, 0.29) is 11.3 Å². The zero-order chi connectivity index (χ0) is 11.2. The van der Waals surface area contributed by atoms with Gasteiger partial charge >= 0.3 is 0 Å². The summed E-state index contributed by atoms with van der Waals surface area (Å²) in [5, 5.41) is 0. The van der Waals surface area contributed by atoms with Crippen LogP contribution in [0.15, 0.2) is 0 Å². The highest BCUT2D eigenvalue weighted by Gasteiger charge is 2.25. The van der Waals surface area contributed by atoms with Crippen LogP contribution in [0.2, 0.25) is 0 Å². The Morgan fingerprint density at radius 1 is 1.14 bits per heavy atom. The van der Waals surface area contributed by atoms with Crippen molar-refractivity contribution in [1.29, 1.82) is 0 Å². The molecule has 84 valence electrons. The molecule has 14 heavy (non-hydrogen) atoms. The van der Waals surface area contributed by atoms with Gasteiger partial charge in [-0.3, -0.25) is 4.79 Å². The van der Waals surface area contributed by atoms with E-state index in [9.17, 15) is 4.79 Å². The predicted molar refractivity (Wildman–Crippen MR) is 61.2 cm³/mol. The summed E-state index contributed by atoms with van der Waals surface area (Å²) < 4.78 is 0. The molecule has 0 rings (SSSR count). The first-order valence-electron chi connectivity index (χ1n) is 5.72. The minimum absolute atomic E-state index is 0.234. The van der Waals surface area contributed by atoms with Crippen molar-refractivity contribution in [3.05, 3.63) is 0 Å². The molecule has 0 aliphatic heterocycles. The Kier molecular flexibility index (Phi) is 5.82. The van der Waals surface area contributed by atoms with Gasteiger partial charge in [-0.05, 0) is 13.3 Å². The number of amides is 1. The first kappa shape index (κ1) is 13.5. The Balaban J connectivity index is 4.07. The first-order chi connectivity index (χ1) is 6.43. The molecule has 0 unspecified atom stereocenters. The van der Waals surface area contributed by atoms with Crippen LogP contribution in [0, 0.1) is 5.41 Å². The van der Waals surface area contributed by atoms with Crippen LogP contribution >= 0.6 is 0 Å². The molecular weight excluding hydrogens is 174 g/mol. The standard InChI is InChI=1S/C12H25NO/c1-6-8-9-10-13(7-2)11(14)12(3,4)5/h6-10H2,1-5H3. The number of unbranched alkanes of at least 4 members (excludes halogenated alkanes) is 2. The van der Waals surface area contributed by atoms with Crippen molar-refractivity contribution in [3.63, 3.8) is 0 Å². The summed E-state index contributed by atoms with van der Waals surface area (Å²) in [7, 11) is 0. The normalized spacial score (nSPS) is 11.5. The summed E-state index contributed by atoms with van der Waals surface area (Å²) in [5.41, 5.74) is -0.234. The molecule has 2 nitrogen and oxygen atoms in total. The SMILES string of the molecule is CCCCCN(CC)C(=O)C(C)(C)C. The lowest BCUT2D eigenvalue weighted by Crippen LogP contribution is -2.39. The van der Waals surface area contributed by atoms with Crippen molar-refractivity contribution in [3.8, 4) is 0 Å². The summed E-state index contributed by atoms with van der Waals surface area (Å²) >= 11 is 0. The molecule has 0 aromatic rings. The number of carbonyl (C=O) groups is 1. The highest BCUT2D eigenvalue weighted by atomic mass is 16.2. The average molecular weight is 199 g/mol. The Labute approximate surface area is 88.7 Å². The lowest BCUT2D eigenvalue weighted by atomic mass is 9.94. The van der Waals surface area contributed by atoms with Gasteiger partial charge in [0.25, 0.3) is 0 Å². The van der Waals surface area contributed by atoms with Gasteiger partial charge in [0, 0.05) is 18.5 Å². The van der Waals surface area contributed by atoms with Gasteiger partial charge in [0.2, 0.25) is 5.91 Å². The molecule has 0 fully saturated rings. The van der Waals surface area contributed by atoms with Crippen LogP contribution in [0.4, 0.5) is 0 Å². The molecule has 0 aromatic carbocycles. The Morgan fingerprint density at radius 3 is 2.07 bits per heavy atom. The molecule has 1 amide bonds. The van der Waals surface area contributed by atoms with E-state index in [2.05, 4.69) is 13.8 Å². The summed E-state index contributed by atoms with van der Waals surface area (Å²) in [6.07, 6.45) is 3.56. The predicted octanol–water partition coefficient (Wildman–Crippen LogP) is 3.07. The zero-order valence-electron chi connectivity index (χ0n) is 10.4. The number of hydrogen-bond donors (Lipinski definition) is 0. The van der Waals surface area contributed by atoms with Gasteiger partial charge < -0.3 is 4.90 Å². The quantitative estimate of drug-likeness (QED) is 0.623. The molecule has 0 aromatic heterocycles. The lowest BCUT2D eigenvalue weighted by molar-refractivity contribution is -0.139. The van der Waals surface area contributed by atoms with Crippen LogP contribution in [0.25, 0.3) is 0 Å². The number of hydrogen-bond acceptors (Lipinski definition) is 1. The van der Waals surface area contributed by atoms with Crippen LogP contribution in [0.1, 0.15) is 53.9 Å². The van der Waals surface area contributed by atoms with E-state index >= 15 is 0 Å². The van der Waals surface area contributed by atoms with Crippen molar-refractivity contribution in [2.24, 2.45) is 5.41 Å². The van der Waals surface area contributed by atoms with Gasteiger partial charge in [-0.2, -0.15) is 0 Å². The number of rotatable bonds is 5. The fourth-order valence-electron chi connectivity index (χ4n) is 1.43. The monoisotopic (exact) mass is 199 g/mol. The molecule has 2 heteroatoms. The highest BCUT2D eigenvalue weighted by Crippen LogP contribution is 2.17. The van der Waals surface area contributed by atoms with Gasteiger partial charge in [-0.1, -0.05) is 40.5 Å². The second-order valence-corrected chi connectivity index (χ2v) is 4.84. The Morgan fingerprint density at radius 2 is 1.71 bits per heavy atom. The van der Waals surface area contributed by atoms with Gasteiger partial charge in [-0.25, -0.2) is 0 Å². The third kappa shape index (κ3) is 4.64. The summed E-state index contributed by atoms with van der Waals surface area (Å²) in [6.45, 7) is 11.9. The maximum absolute atomic E-state index is 11.9. The minimum atomic E-state index is -0.234. The first-order valence-corrected chi connectivity index (χ1v) is 5.72. The Bertz CT molecular complexity index is 170. The summed E-state index contributed by atoms with van der Waals surface area (Å²) in [4.78, 5) is 13.9. The third-order valence-corrected chi connectivity index (χ3v) is 2.34. The third-order valence-electron chi connectivity index (χ3n) is 2.34. The van der Waals surface area contributed by atoms with E-state index in [0.717, 1.165) is 19.5 Å². The van der Waals surface area contributed by atoms with E-state index in [4.69, 9.17) is 0 Å². The van der Waals surface area contributed by atoms with E-state index in [0.29, 0.717) is 0 Å². The fraction of sp³-hybridized carbons (Fsp3) is 0.917. The van der Waals surface area contributed by atoms with Crippen molar-refractivity contribution in [2.45, 2.75) is 53.9 Å². The van der Waals surface area contributed by atoms with Crippen molar-refractivity contribution >= 4 is 5.91 Å². The van der Waals surface area contributed by atoms with Crippen LogP contribution < -0.4 is 0 Å². The number of carbonyl (C=O) groups excluding carboxylic acids is 1. The van der Waals surface area contributed by atoms with Gasteiger partial charge in [0.1, 0.15) is 0 Å². The molecule has 0 radical (unpaired) electrons. The lowest BCUT2D eigenvalue weighted by Gasteiger charge is -2.28. The van der Waals surface area contributed by atoms with E-state index in [1.54, 1.807) is 0 Å². The average Bonchev–Trinajstić information content (AvgIpc) is 2.10. The van der Waals surface area contributed by atoms with Crippen LogP contribution in [-0.4, -0.2) is 23.9 Å². The van der Waals surface area contributed by atoms with E-state index in [1.807, 2.05) is 25.7 Å². The smallest absolute Gasteiger partial charge is 0.227 e. The molecule has 0 atom stereocenters. The number of nitrogens with zero attached hydrogens (tertiary/aromatic N) is 1. The van der Waals surface area contributed by atoms with E-state index in [1.165, 1.54) is 12.8 Å². The minimum Gasteiger partial charge on any atom is -0.343 e. The molecule has 0 aliphatic carbocycles. The molecule has 0 bridgehead atoms. The molecular formula is C12H25NO. The van der Waals surface area contributed by atoms with E-state index < -0.39 is 0 Å². The molecule has 0 saturated carbocycles. The van der Waals surface area contributed by atoms with Gasteiger partial charge in [0.15, 0.2) is 0 Å². The maximum atomic E-state index is 11.9. The fourth-order valence-corrected chi connectivity index (χ4v) is 1.43. The molecule has 0 heterocycles. The molecule has 0 aliphatic rings. The topological polar surface area (TPSA) is 20.3 Å². The maximum Gasteiger partial charge on any atom is 0.227 e. The van der Waals surface area contributed by atoms with Gasteiger partial charge in [0.05, 0.1) is 0 Å². The van der Waals surface area contributed by atoms with Crippen LogP contribution in [-0.2, 0) is 4.79 Å².